The third-order valence-electron chi connectivity index (χ3n) is 5.34. The highest BCUT2D eigenvalue weighted by Gasteiger charge is 2.25. The van der Waals surface area contributed by atoms with Crippen LogP contribution in [0.3, 0.4) is 0 Å². The van der Waals surface area contributed by atoms with Crippen LogP contribution in [0.15, 0.2) is 42.5 Å². The Morgan fingerprint density at radius 1 is 1.06 bits per heavy atom. The molecule has 0 fully saturated rings. The Bertz CT molecular complexity index is 924. The molecule has 166 valence electrons. The number of amides is 2. The van der Waals surface area contributed by atoms with E-state index in [4.69, 9.17) is 14.2 Å². The van der Waals surface area contributed by atoms with Crippen molar-refractivity contribution in [1.29, 1.82) is 0 Å². The van der Waals surface area contributed by atoms with Crippen LogP contribution in [0.25, 0.3) is 0 Å². The van der Waals surface area contributed by atoms with Crippen molar-refractivity contribution in [3.63, 3.8) is 0 Å². The number of methoxy groups -OCH3 is 1. The van der Waals surface area contributed by atoms with E-state index < -0.39 is 6.04 Å². The second-order valence-electron chi connectivity index (χ2n) is 8.25. The summed E-state index contributed by atoms with van der Waals surface area (Å²) in [4.78, 5) is 24.4. The van der Waals surface area contributed by atoms with Crippen molar-refractivity contribution in [2.45, 2.75) is 38.6 Å². The molecule has 0 saturated heterocycles. The number of carbonyl (C=O) groups excluding carboxylic acids is 2. The van der Waals surface area contributed by atoms with Gasteiger partial charge in [-0.25, -0.2) is 0 Å². The molecule has 0 radical (unpaired) electrons. The highest BCUT2D eigenvalue weighted by Crippen LogP contribution is 2.35. The van der Waals surface area contributed by atoms with Gasteiger partial charge < -0.3 is 24.8 Å². The molecule has 3 rings (SSSR count). The fourth-order valence-corrected chi connectivity index (χ4v) is 3.48. The van der Waals surface area contributed by atoms with Crippen LogP contribution >= 0.6 is 0 Å². The number of fused-ring (bicyclic) bond motifs is 1. The van der Waals surface area contributed by atoms with E-state index >= 15 is 0 Å². The van der Waals surface area contributed by atoms with Crippen LogP contribution in [0.2, 0.25) is 0 Å². The molecule has 0 aliphatic carbocycles. The van der Waals surface area contributed by atoms with Crippen molar-refractivity contribution < 1.29 is 23.8 Å². The molecule has 7 nitrogen and oxygen atoms in total. The van der Waals surface area contributed by atoms with E-state index in [1.165, 1.54) is 6.92 Å². The first-order chi connectivity index (χ1) is 14.8. The van der Waals surface area contributed by atoms with E-state index in [2.05, 4.69) is 24.5 Å². The molecule has 0 saturated carbocycles. The molecule has 0 aromatic heterocycles. The van der Waals surface area contributed by atoms with E-state index in [0.29, 0.717) is 19.8 Å². The average Bonchev–Trinajstić information content (AvgIpc) is 2.77. The molecule has 2 aromatic carbocycles. The smallest absolute Gasteiger partial charge is 0.222 e. The number of hydrogen-bond acceptors (Lipinski definition) is 5. The average molecular weight is 427 g/mol. The third kappa shape index (κ3) is 5.90. The van der Waals surface area contributed by atoms with Gasteiger partial charge in [-0.2, -0.15) is 0 Å². The molecular formula is C24H30N2O5. The van der Waals surface area contributed by atoms with Gasteiger partial charge >= 0.3 is 0 Å². The second kappa shape index (κ2) is 9.73. The lowest BCUT2D eigenvalue weighted by molar-refractivity contribution is -0.123. The van der Waals surface area contributed by atoms with Crippen LogP contribution in [0.4, 0.5) is 0 Å². The molecule has 31 heavy (non-hydrogen) atoms. The Labute approximate surface area is 183 Å². The number of rotatable bonds is 8. The van der Waals surface area contributed by atoms with Crippen molar-refractivity contribution in [2.24, 2.45) is 0 Å². The molecule has 0 spiro atoms. The van der Waals surface area contributed by atoms with E-state index in [1.807, 2.05) is 42.5 Å². The summed E-state index contributed by atoms with van der Waals surface area (Å²) in [6, 6.07) is 12.8. The van der Waals surface area contributed by atoms with E-state index in [-0.39, 0.29) is 23.7 Å². The quantitative estimate of drug-likeness (QED) is 0.677. The zero-order valence-corrected chi connectivity index (χ0v) is 18.5. The van der Waals surface area contributed by atoms with Crippen molar-refractivity contribution in [3.05, 3.63) is 53.6 Å². The molecule has 2 amide bonds. The Morgan fingerprint density at radius 2 is 1.74 bits per heavy atom. The summed E-state index contributed by atoms with van der Waals surface area (Å²) < 4.78 is 16.4. The normalized spacial score (nSPS) is 13.8. The number of hydrogen-bond donors (Lipinski definition) is 2. The summed E-state index contributed by atoms with van der Waals surface area (Å²) in [6.07, 6.45) is 0.142. The summed E-state index contributed by atoms with van der Waals surface area (Å²) in [7, 11) is 1.59. The summed E-state index contributed by atoms with van der Waals surface area (Å²) >= 11 is 0. The first-order valence-electron chi connectivity index (χ1n) is 10.4. The van der Waals surface area contributed by atoms with Gasteiger partial charge in [-0.3, -0.25) is 9.59 Å². The summed E-state index contributed by atoms with van der Waals surface area (Å²) in [6.45, 7) is 7.10. The van der Waals surface area contributed by atoms with Gasteiger partial charge in [-0.15, -0.1) is 0 Å². The minimum atomic E-state index is -0.416. The lowest BCUT2D eigenvalue weighted by Gasteiger charge is -2.28. The molecule has 1 aliphatic heterocycles. The molecule has 1 atom stereocenters. The predicted molar refractivity (Wildman–Crippen MR) is 118 cm³/mol. The third-order valence-corrected chi connectivity index (χ3v) is 5.34. The van der Waals surface area contributed by atoms with Crippen LogP contribution in [0, 0.1) is 0 Å². The molecule has 1 unspecified atom stereocenters. The highest BCUT2D eigenvalue weighted by molar-refractivity contribution is 5.79. The Kier molecular flexibility index (Phi) is 7.05. The fourth-order valence-electron chi connectivity index (χ4n) is 3.48. The van der Waals surface area contributed by atoms with E-state index in [0.717, 1.165) is 28.4 Å². The maximum Gasteiger partial charge on any atom is 0.222 e. The SMILES string of the molecule is COc1ccc(C(CC(=O)NCC(C)(C)c2ccc3c(c2)OCCO3)NC(C)=O)cc1. The minimum Gasteiger partial charge on any atom is -0.497 e. The molecule has 1 aliphatic rings. The van der Waals surface area contributed by atoms with Gasteiger partial charge in [-0.1, -0.05) is 32.0 Å². The van der Waals surface area contributed by atoms with Crippen LogP contribution in [-0.2, 0) is 15.0 Å². The number of ether oxygens (including phenoxy) is 3. The molecular weight excluding hydrogens is 396 g/mol. The topological polar surface area (TPSA) is 85.9 Å². The van der Waals surface area contributed by atoms with Crippen LogP contribution in [0.1, 0.15) is 44.4 Å². The summed E-state index contributed by atoms with van der Waals surface area (Å²) in [5.74, 6) is 1.86. The second-order valence-corrected chi connectivity index (χ2v) is 8.25. The Morgan fingerprint density at radius 3 is 2.39 bits per heavy atom. The van der Waals surface area contributed by atoms with E-state index in [9.17, 15) is 9.59 Å². The number of benzene rings is 2. The van der Waals surface area contributed by atoms with Gasteiger partial charge in [0.05, 0.1) is 19.6 Å². The van der Waals surface area contributed by atoms with E-state index in [1.54, 1.807) is 7.11 Å². The first-order valence-corrected chi connectivity index (χ1v) is 10.4. The Balaban J connectivity index is 1.64. The minimum absolute atomic E-state index is 0.139. The zero-order valence-electron chi connectivity index (χ0n) is 18.5. The fraction of sp³-hybridized carbons (Fsp3) is 0.417. The monoisotopic (exact) mass is 426 g/mol. The summed E-state index contributed by atoms with van der Waals surface area (Å²) in [5.41, 5.74) is 1.58. The maximum atomic E-state index is 12.7. The summed E-state index contributed by atoms with van der Waals surface area (Å²) in [5, 5.41) is 5.87. The van der Waals surface area contributed by atoms with Crippen LogP contribution < -0.4 is 24.8 Å². The lowest BCUT2D eigenvalue weighted by atomic mass is 9.84. The molecule has 2 aromatic rings. The van der Waals surface area contributed by atoms with Gasteiger partial charge in [0.15, 0.2) is 11.5 Å². The maximum absolute atomic E-state index is 12.7. The van der Waals surface area contributed by atoms with Gasteiger partial charge in [-0.05, 0) is 35.4 Å². The molecule has 7 heteroatoms. The number of nitrogens with one attached hydrogen (secondary N) is 2. The van der Waals surface area contributed by atoms with Crippen LogP contribution in [-0.4, -0.2) is 38.7 Å². The van der Waals surface area contributed by atoms with Gasteiger partial charge in [0.2, 0.25) is 11.8 Å². The molecule has 1 heterocycles. The largest absolute Gasteiger partial charge is 0.497 e. The van der Waals surface area contributed by atoms with Crippen molar-refractivity contribution in [1.82, 2.24) is 10.6 Å². The molecule has 2 N–H and O–H groups in total. The van der Waals surface area contributed by atoms with Crippen molar-refractivity contribution in [2.75, 3.05) is 26.9 Å². The zero-order chi connectivity index (χ0) is 22.4. The van der Waals surface area contributed by atoms with Gasteiger partial charge in [0.25, 0.3) is 0 Å². The van der Waals surface area contributed by atoms with Crippen molar-refractivity contribution in [3.8, 4) is 17.2 Å². The van der Waals surface area contributed by atoms with Crippen LogP contribution in [0.5, 0.6) is 17.2 Å². The Hall–Kier alpha value is -3.22. The van der Waals surface area contributed by atoms with Gasteiger partial charge in [0.1, 0.15) is 19.0 Å². The molecule has 0 bridgehead atoms. The first kappa shape index (κ1) is 22.5. The van der Waals surface area contributed by atoms with Gasteiger partial charge in [0, 0.05) is 18.9 Å². The predicted octanol–water partition coefficient (Wildman–Crippen LogP) is 3.13. The standard InChI is InChI=1S/C24H30N2O5/c1-16(27)26-20(17-5-8-19(29-4)9-6-17)14-23(28)25-15-24(2,3)18-7-10-21-22(13-18)31-12-11-30-21/h5-10,13,20H,11-12,14-15H2,1-4H3,(H,25,28)(H,26,27). The number of carbonyl (C=O) groups is 2. The lowest BCUT2D eigenvalue weighted by Crippen LogP contribution is -2.39. The highest BCUT2D eigenvalue weighted by atomic mass is 16.6. The van der Waals surface area contributed by atoms with Crippen molar-refractivity contribution >= 4 is 11.8 Å².